The molecule has 0 spiro atoms. The largest absolute Gasteiger partial charge is 0.378 e. The topological polar surface area (TPSA) is 45.2 Å². The van der Waals surface area contributed by atoms with E-state index < -0.39 is 0 Å². The first-order valence-corrected chi connectivity index (χ1v) is 8.36. The fraction of sp³-hybridized carbons (Fsp3) is 0.300. The third-order valence-electron chi connectivity index (χ3n) is 5.25. The number of hydrogen-bond donors (Lipinski definition) is 1. The normalized spacial score (nSPS) is 24.0. The van der Waals surface area contributed by atoms with E-state index in [9.17, 15) is 4.79 Å². The average Bonchev–Trinajstić information content (AvgIpc) is 3.10. The van der Waals surface area contributed by atoms with Gasteiger partial charge in [-0.15, -0.1) is 0 Å². The molecule has 0 saturated heterocycles. The van der Waals surface area contributed by atoms with Crippen molar-refractivity contribution >= 4 is 17.3 Å². The molecule has 1 N–H and O–H groups in total. The predicted molar refractivity (Wildman–Crippen MR) is 96.1 cm³/mol. The predicted octanol–water partition coefficient (Wildman–Crippen LogP) is 3.89. The quantitative estimate of drug-likeness (QED) is 0.854. The number of fused-ring (bicyclic) bond motifs is 3. The lowest BCUT2D eigenvalue weighted by molar-refractivity contribution is -0.116. The number of nitrogens with zero attached hydrogens (tertiary/aromatic N) is 2. The SMILES string of the molecule is CC(=O)N(C)c1ccc2c(c1)C1C=CCC1C(c1cccnc1)N2. The molecule has 0 radical (unpaired) electrons. The molecule has 24 heavy (non-hydrogen) atoms. The molecule has 1 aliphatic carbocycles. The Kier molecular flexibility index (Phi) is 3.60. The van der Waals surface area contributed by atoms with Crippen molar-refractivity contribution < 1.29 is 4.79 Å². The smallest absolute Gasteiger partial charge is 0.223 e. The molecule has 4 nitrogen and oxygen atoms in total. The van der Waals surface area contributed by atoms with Gasteiger partial charge in [0.15, 0.2) is 0 Å². The lowest BCUT2D eigenvalue weighted by Crippen LogP contribution is -2.30. The highest BCUT2D eigenvalue weighted by molar-refractivity contribution is 5.91. The van der Waals surface area contributed by atoms with Crippen molar-refractivity contribution in [1.82, 2.24) is 4.98 Å². The van der Waals surface area contributed by atoms with E-state index in [0.717, 1.165) is 17.8 Å². The third kappa shape index (κ3) is 2.39. The Morgan fingerprint density at radius 3 is 2.96 bits per heavy atom. The highest BCUT2D eigenvalue weighted by Gasteiger charge is 2.38. The number of allylic oxidation sites excluding steroid dienone is 2. The van der Waals surface area contributed by atoms with E-state index in [-0.39, 0.29) is 11.9 Å². The van der Waals surface area contributed by atoms with Crippen molar-refractivity contribution in [2.75, 3.05) is 17.3 Å². The molecule has 0 saturated carbocycles. The van der Waals surface area contributed by atoms with Crippen LogP contribution in [0.5, 0.6) is 0 Å². The number of anilines is 2. The second-order valence-electron chi connectivity index (χ2n) is 6.61. The van der Waals surface area contributed by atoms with Gasteiger partial charge in [0.25, 0.3) is 0 Å². The van der Waals surface area contributed by atoms with Crippen molar-refractivity contribution in [1.29, 1.82) is 0 Å². The molecular weight excluding hydrogens is 298 g/mol. The maximum atomic E-state index is 11.7. The maximum Gasteiger partial charge on any atom is 0.223 e. The zero-order valence-electron chi connectivity index (χ0n) is 13.9. The van der Waals surface area contributed by atoms with E-state index in [1.807, 2.05) is 31.6 Å². The van der Waals surface area contributed by atoms with E-state index in [2.05, 4.69) is 40.7 Å². The van der Waals surface area contributed by atoms with Gasteiger partial charge in [-0.1, -0.05) is 18.2 Å². The van der Waals surface area contributed by atoms with Gasteiger partial charge in [-0.05, 0) is 47.7 Å². The van der Waals surface area contributed by atoms with E-state index in [4.69, 9.17) is 0 Å². The van der Waals surface area contributed by atoms with Gasteiger partial charge in [-0.3, -0.25) is 9.78 Å². The van der Waals surface area contributed by atoms with Gasteiger partial charge in [-0.25, -0.2) is 0 Å². The van der Waals surface area contributed by atoms with E-state index >= 15 is 0 Å². The highest BCUT2D eigenvalue weighted by Crippen LogP contribution is 2.50. The molecular formula is C20H21N3O. The van der Waals surface area contributed by atoms with Crippen molar-refractivity contribution in [3.05, 3.63) is 66.0 Å². The van der Waals surface area contributed by atoms with E-state index in [0.29, 0.717) is 11.8 Å². The molecule has 4 heteroatoms. The van der Waals surface area contributed by atoms with Crippen molar-refractivity contribution in [2.45, 2.75) is 25.3 Å². The first kappa shape index (κ1) is 14.9. The maximum absolute atomic E-state index is 11.7. The minimum Gasteiger partial charge on any atom is -0.378 e. The summed E-state index contributed by atoms with van der Waals surface area (Å²) in [5.41, 5.74) is 4.60. The number of carbonyl (C=O) groups is 1. The summed E-state index contributed by atoms with van der Waals surface area (Å²) in [5, 5.41) is 3.70. The van der Waals surface area contributed by atoms with Gasteiger partial charge >= 0.3 is 0 Å². The molecule has 2 aromatic rings. The Morgan fingerprint density at radius 1 is 1.33 bits per heavy atom. The van der Waals surface area contributed by atoms with Gasteiger partial charge in [0, 0.05) is 43.7 Å². The molecule has 0 fully saturated rings. The molecule has 1 aliphatic heterocycles. The van der Waals surface area contributed by atoms with Gasteiger partial charge in [-0.2, -0.15) is 0 Å². The van der Waals surface area contributed by atoms with Crippen LogP contribution in [0.25, 0.3) is 0 Å². The van der Waals surface area contributed by atoms with Gasteiger partial charge in [0.05, 0.1) is 6.04 Å². The molecule has 2 heterocycles. The summed E-state index contributed by atoms with van der Waals surface area (Å²) in [6.45, 7) is 1.59. The first-order valence-electron chi connectivity index (χ1n) is 8.36. The minimum absolute atomic E-state index is 0.0467. The van der Waals surface area contributed by atoms with Crippen molar-refractivity contribution in [2.24, 2.45) is 5.92 Å². The minimum atomic E-state index is 0.0467. The van der Waals surface area contributed by atoms with Crippen LogP contribution in [0, 0.1) is 5.92 Å². The van der Waals surface area contributed by atoms with Crippen LogP contribution in [0.15, 0.2) is 54.9 Å². The summed E-state index contributed by atoms with van der Waals surface area (Å²) in [6.07, 6.45) is 9.41. The Hall–Kier alpha value is -2.62. The summed E-state index contributed by atoms with van der Waals surface area (Å²) in [5.74, 6) is 0.914. The molecule has 1 amide bonds. The number of amides is 1. The second-order valence-corrected chi connectivity index (χ2v) is 6.61. The Bertz CT molecular complexity index is 800. The van der Waals surface area contributed by atoms with Crippen molar-refractivity contribution in [3.8, 4) is 0 Å². The van der Waals surface area contributed by atoms with E-state index in [1.54, 1.807) is 11.8 Å². The number of hydrogen-bond acceptors (Lipinski definition) is 3. The number of nitrogens with one attached hydrogen (secondary N) is 1. The van der Waals surface area contributed by atoms with Crippen LogP contribution in [-0.4, -0.2) is 17.9 Å². The van der Waals surface area contributed by atoms with Crippen LogP contribution in [0.2, 0.25) is 0 Å². The second kappa shape index (κ2) is 5.78. The molecule has 1 aromatic carbocycles. The number of rotatable bonds is 2. The fourth-order valence-electron chi connectivity index (χ4n) is 3.86. The van der Waals surface area contributed by atoms with Gasteiger partial charge in [0.2, 0.25) is 5.91 Å². The average molecular weight is 319 g/mol. The fourth-order valence-corrected chi connectivity index (χ4v) is 3.86. The van der Waals surface area contributed by atoms with Crippen LogP contribution in [0.1, 0.15) is 36.4 Å². The van der Waals surface area contributed by atoms with Gasteiger partial charge < -0.3 is 10.2 Å². The molecule has 4 rings (SSSR count). The standard InChI is InChI=1S/C20H21N3O/c1-13(24)23(2)15-8-9-19-18(11-15)16-6-3-7-17(16)20(22-19)14-5-4-10-21-12-14/h3-6,8-12,16-17,20,22H,7H2,1-2H3. The van der Waals surface area contributed by atoms with E-state index in [1.165, 1.54) is 11.1 Å². The van der Waals surface area contributed by atoms with Gasteiger partial charge in [0.1, 0.15) is 0 Å². The third-order valence-corrected chi connectivity index (χ3v) is 5.25. The van der Waals surface area contributed by atoms with Crippen LogP contribution >= 0.6 is 0 Å². The Morgan fingerprint density at radius 2 is 2.21 bits per heavy atom. The molecule has 122 valence electrons. The molecule has 2 aliphatic rings. The van der Waals surface area contributed by atoms with Crippen LogP contribution < -0.4 is 10.2 Å². The summed E-state index contributed by atoms with van der Waals surface area (Å²) in [6, 6.07) is 10.7. The summed E-state index contributed by atoms with van der Waals surface area (Å²) < 4.78 is 0. The number of carbonyl (C=O) groups excluding carboxylic acids is 1. The summed E-state index contributed by atoms with van der Waals surface area (Å²) in [4.78, 5) is 17.6. The molecule has 1 aromatic heterocycles. The lowest BCUT2D eigenvalue weighted by Gasteiger charge is -2.37. The highest BCUT2D eigenvalue weighted by atomic mass is 16.2. The number of aromatic nitrogens is 1. The summed E-state index contributed by atoms with van der Waals surface area (Å²) in [7, 11) is 1.82. The Balaban J connectivity index is 1.75. The van der Waals surface area contributed by atoms with Crippen LogP contribution in [-0.2, 0) is 4.79 Å². The monoisotopic (exact) mass is 319 g/mol. The zero-order valence-corrected chi connectivity index (χ0v) is 13.9. The Labute approximate surface area is 142 Å². The summed E-state index contributed by atoms with van der Waals surface area (Å²) >= 11 is 0. The zero-order chi connectivity index (χ0) is 16.7. The number of pyridine rings is 1. The van der Waals surface area contributed by atoms with Crippen LogP contribution in [0.3, 0.4) is 0 Å². The molecule has 3 unspecified atom stereocenters. The number of benzene rings is 1. The molecule has 0 bridgehead atoms. The first-order chi connectivity index (χ1) is 11.6. The molecule has 3 atom stereocenters. The van der Waals surface area contributed by atoms with Crippen molar-refractivity contribution in [3.63, 3.8) is 0 Å². The lowest BCUT2D eigenvalue weighted by atomic mass is 9.77. The van der Waals surface area contributed by atoms with Crippen LogP contribution in [0.4, 0.5) is 11.4 Å².